The molecule has 0 radical (unpaired) electrons. The van der Waals surface area contributed by atoms with Crippen LogP contribution in [0.5, 0.6) is 0 Å². The Bertz CT molecular complexity index is 768. The first kappa shape index (κ1) is 16.5. The molecular formula is C18H25N5O2. The summed E-state index contributed by atoms with van der Waals surface area (Å²) >= 11 is 0. The van der Waals surface area contributed by atoms with E-state index in [4.69, 9.17) is 4.74 Å². The monoisotopic (exact) mass is 343 g/mol. The van der Waals surface area contributed by atoms with Crippen molar-refractivity contribution in [2.75, 3.05) is 32.8 Å². The van der Waals surface area contributed by atoms with E-state index in [1.807, 2.05) is 11.8 Å². The highest BCUT2D eigenvalue weighted by molar-refractivity contribution is 6.04. The Kier molecular flexibility index (Phi) is 4.43. The molecule has 2 aliphatic heterocycles. The van der Waals surface area contributed by atoms with Crippen molar-refractivity contribution in [1.82, 2.24) is 24.8 Å². The van der Waals surface area contributed by atoms with Crippen molar-refractivity contribution in [3.8, 4) is 0 Å². The fraction of sp³-hybridized carbons (Fsp3) is 0.611. The number of carbonyl (C=O) groups excluding carboxylic acids is 1. The number of fused-ring (bicyclic) bond motifs is 1. The first-order chi connectivity index (χ1) is 12.1. The Hall–Kier alpha value is -1.99. The molecule has 0 spiro atoms. The van der Waals surface area contributed by atoms with Crippen LogP contribution in [0, 0.1) is 6.92 Å². The van der Waals surface area contributed by atoms with Gasteiger partial charge in [0, 0.05) is 51.1 Å². The summed E-state index contributed by atoms with van der Waals surface area (Å²) in [6.45, 7) is 8.34. The molecule has 2 fully saturated rings. The van der Waals surface area contributed by atoms with Crippen molar-refractivity contribution in [3.63, 3.8) is 0 Å². The zero-order valence-corrected chi connectivity index (χ0v) is 14.9. The number of imidazole rings is 1. The molecule has 1 amide bonds. The predicted octanol–water partition coefficient (Wildman–Crippen LogP) is 1.59. The van der Waals surface area contributed by atoms with Gasteiger partial charge in [-0.1, -0.05) is 0 Å². The van der Waals surface area contributed by atoms with Gasteiger partial charge in [-0.25, -0.2) is 9.97 Å². The van der Waals surface area contributed by atoms with Crippen LogP contribution in [0.25, 0.3) is 11.2 Å². The van der Waals surface area contributed by atoms with Crippen molar-refractivity contribution in [2.24, 2.45) is 0 Å². The third-order valence-corrected chi connectivity index (χ3v) is 5.37. The molecule has 7 nitrogen and oxygen atoms in total. The lowest BCUT2D eigenvalue weighted by molar-refractivity contribution is 0.000761. The van der Waals surface area contributed by atoms with E-state index in [0.717, 1.165) is 57.0 Å². The molecule has 1 N–H and O–H groups in total. The highest BCUT2D eigenvalue weighted by atomic mass is 16.5. The summed E-state index contributed by atoms with van der Waals surface area (Å²) in [6.07, 6.45) is 3.86. The highest BCUT2D eigenvalue weighted by Crippen LogP contribution is 2.22. The molecule has 1 atom stereocenters. The van der Waals surface area contributed by atoms with Gasteiger partial charge in [-0.3, -0.25) is 9.69 Å². The number of H-pyrrole nitrogens is 1. The minimum atomic E-state index is 0.0650. The van der Waals surface area contributed by atoms with E-state index in [1.165, 1.54) is 0 Å². The number of carbonyl (C=O) groups is 1. The lowest BCUT2D eigenvalue weighted by Gasteiger charge is -2.44. The van der Waals surface area contributed by atoms with Gasteiger partial charge in [0.2, 0.25) is 0 Å². The Balaban J connectivity index is 1.51. The molecule has 7 heteroatoms. The molecule has 2 aromatic rings. The van der Waals surface area contributed by atoms with Crippen LogP contribution in [-0.4, -0.2) is 75.6 Å². The summed E-state index contributed by atoms with van der Waals surface area (Å²) in [5, 5.41) is 0. The summed E-state index contributed by atoms with van der Waals surface area (Å²) in [5.41, 5.74) is 2.01. The predicted molar refractivity (Wildman–Crippen MR) is 94.5 cm³/mol. The Morgan fingerprint density at radius 3 is 2.88 bits per heavy atom. The smallest absolute Gasteiger partial charge is 0.256 e. The fourth-order valence-corrected chi connectivity index (χ4v) is 4.03. The number of aromatic amines is 1. The number of nitrogens with one attached hydrogen (secondary N) is 1. The Morgan fingerprint density at radius 1 is 1.32 bits per heavy atom. The van der Waals surface area contributed by atoms with Crippen LogP contribution >= 0.6 is 0 Å². The molecule has 0 unspecified atom stereocenters. The summed E-state index contributed by atoms with van der Waals surface area (Å²) in [4.78, 5) is 29.4. The van der Waals surface area contributed by atoms with E-state index < -0.39 is 0 Å². The van der Waals surface area contributed by atoms with Gasteiger partial charge in [0.05, 0.1) is 11.1 Å². The van der Waals surface area contributed by atoms with Gasteiger partial charge in [-0.15, -0.1) is 0 Å². The maximum atomic E-state index is 13.1. The quantitative estimate of drug-likeness (QED) is 0.896. The number of hydrogen-bond donors (Lipinski definition) is 1. The summed E-state index contributed by atoms with van der Waals surface area (Å²) < 4.78 is 5.47. The van der Waals surface area contributed by atoms with Gasteiger partial charge in [0.15, 0.2) is 5.65 Å². The first-order valence-corrected chi connectivity index (χ1v) is 9.07. The molecule has 0 saturated carbocycles. The van der Waals surface area contributed by atoms with Gasteiger partial charge in [0.1, 0.15) is 5.82 Å². The fourth-order valence-electron chi connectivity index (χ4n) is 4.03. The van der Waals surface area contributed by atoms with Crippen LogP contribution in [0.15, 0.2) is 12.3 Å². The van der Waals surface area contributed by atoms with Crippen LogP contribution < -0.4 is 0 Å². The largest absolute Gasteiger partial charge is 0.381 e. The maximum absolute atomic E-state index is 13.1. The summed E-state index contributed by atoms with van der Waals surface area (Å²) in [5.74, 6) is 0.843. The van der Waals surface area contributed by atoms with Crippen molar-refractivity contribution < 1.29 is 9.53 Å². The van der Waals surface area contributed by atoms with Crippen LogP contribution in [0.4, 0.5) is 0 Å². The lowest BCUT2D eigenvalue weighted by Crippen LogP contribution is -2.57. The number of amides is 1. The number of aromatic nitrogens is 3. The van der Waals surface area contributed by atoms with Crippen LogP contribution in [0.2, 0.25) is 0 Å². The van der Waals surface area contributed by atoms with Gasteiger partial charge < -0.3 is 14.6 Å². The second kappa shape index (κ2) is 6.72. The first-order valence-electron chi connectivity index (χ1n) is 9.07. The van der Waals surface area contributed by atoms with Crippen LogP contribution in [0.1, 0.15) is 35.9 Å². The number of aryl methyl sites for hydroxylation is 1. The number of nitrogens with zero attached hydrogens (tertiary/aromatic N) is 4. The number of ether oxygens (including phenoxy) is 1. The van der Waals surface area contributed by atoms with Crippen molar-refractivity contribution >= 4 is 17.1 Å². The van der Waals surface area contributed by atoms with E-state index in [-0.39, 0.29) is 11.9 Å². The molecule has 0 aromatic carbocycles. The standard InChI is InChI=1S/C18H25N5O2/c1-12-11-22(14-4-9-25-10-5-14)7-8-23(12)18(24)15-3-6-19-17-16(15)20-13(2)21-17/h3,6,12,14H,4-5,7-11H2,1-2H3,(H,19,20,21)/t12-/m1/s1. The number of hydrogen-bond acceptors (Lipinski definition) is 5. The summed E-state index contributed by atoms with van der Waals surface area (Å²) in [7, 11) is 0. The van der Waals surface area contributed by atoms with Gasteiger partial charge >= 0.3 is 0 Å². The van der Waals surface area contributed by atoms with E-state index >= 15 is 0 Å². The normalized spacial score (nSPS) is 23.3. The van der Waals surface area contributed by atoms with Crippen LogP contribution in [0.3, 0.4) is 0 Å². The van der Waals surface area contributed by atoms with E-state index in [2.05, 4.69) is 26.8 Å². The second-order valence-electron chi connectivity index (χ2n) is 7.07. The zero-order chi connectivity index (χ0) is 17.4. The maximum Gasteiger partial charge on any atom is 0.256 e. The van der Waals surface area contributed by atoms with Crippen molar-refractivity contribution in [2.45, 2.75) is 38.8 Å². The average molecular weight is 343 g/mol. The number of pyridine rings is 1. The second-order valence-corrected chi connectivity index (χ2v) is 7.07. The number of piperazine rings is 1. The molecule has 4 rings (SSSR count). The minimum Gasteiger partial charge on any atom is -0.381 e. The summed E-state index contributed by atoms with van der Waals surface area (Å²) in [6, 6.07) is 2.58. The van der Waals surface area contributed by atoms with E-state index in [1.54, 1.807) is 12.3 Å². The lowest BCUT2D eigenvalue weighted by atomic mass is 10.0. The van der Waals surface area contributed by atoms with Crippen molar-refractivity contribution in [1.29, 1.82) is 0 Å². The van der Waals surface area contributed by atoms with E-state index in [9.17, 15) is 4.79 Å². The zero-order valence-electron chi connectivity index (χ0n) is 14.9. The number of rotatable bonds is 2. The van der Waals surface area contributed by atoms with Crippen LogP contribution in [-0.2, 0) is 4.74 Å². The minimum absolute atomic E-state index is 0.0650. The molecule has 2 aliphatic rings. The molecule has 2 aromatic heterocycles. The van der Waals surface area contributed by atoms with Gasteiger partial charge in [0.25, 0.3) is 5.91 Å². The van der Waals surface area contributed by atoms with Crippen molar-refractivity contribution in [3.05, 3.63) is 23.7 Å². The third kappa shape index (κ3) is 3.14. The molecule has 25 heavy (non-hydrogen) atoms. The van der Waals surface area contributed by atoms with Gasteiger partial charge in [-0.2, -0.15) is 0 Å². The van der Waals surface area contributed by atoms with E-state index in [0.29, 0.717) is 17.3 Å². The Morgan fingerprint density at radius 2 is 2.12 bits per heavy atom. The molecule has 0 aliphatic carbocycles. The molecule has 0 bridgehead atoms. The molecule has 4 heterocycles. The third-order valence-electron chi connectivity index (χ3n) is 5.37. The molecular weight excluding hydrogens is 318 g/mol. The molecule has 2 saturated heterocycles. The SMILES string of the molecule is Cc1nc2nccc(C(=O)N3CCN(C4CCOCC4)C[C@H]3C)c2[nH]1. The topological polar surface area (TPSA) is 74.3 Å². The molecule has 134 valence electrons. The highest BCUT2D eigenvalue weighted by Gasteiger charge is 2.32. The average Bonchev–Trinajstić information content (AvgIpc) is 3.02. The Labute approximate surface area is 147 Å². The van der Waals surface area contributed by atoms with Gasteiger partial charge in [-0.05, 0) is 32.8 Å².